The summed E-state index contributed by atoms with van der Waals surface area (Å²) < 4.78 is 7.33. The SMILES string of the molecule is Cn1nc(CO)c2c1CCN(c1cc([C@H]3CCOC3)nc(N)n1)C2. The molecule has 1 fully saturated rings. The van der Waals surface area contributed by atoms with E-state index in [1.165, 1.54) is 5.69 Å². The molecule has 3 N–H and O–H groups in total. The molecule has 0 radical (unpaired) electrons. The predicted molar refractivity (Wildman–Crippen MR) is 88.5 cm³/mol. The third-order valence-corrected chi connectivity index (χ3v) is 4.90. The highest BCUT2D eigenvalue weighted by Gasteiger charge is 2.26. The maximum Gasteiger partial charge on any atom is 0.222 e. The number of aromatic nitrogens is 4. The summed E-state index contributed by atoms with van der Waals surface area (Å²) in [6.07, 6.45) is 1.84. The van der Waals surface area contributed by atoms with Crippen molar-refractivity contribution in [2.24, 2.45) is 7.05 Å². The summed E-state index contributed by atoms with van der Waals surface area (Å²) in [7, 11) is 1.93. The number of fused-ring (bicyclic) bond motifs is 1. The van der Waals surface area contributed by atoms with E-state index >= 15 is 0 Å². The molecule has 0 spiro atoms. The minimum atomic E-state index is -0.0480. The standard InChI is InChI=1S/C16H22N6O2/c1-21-14-2-4-22(7-11(14)13(8-23)20-21)15-6-12(18-16(17)19-15)10-3-5-24-9-10/h6,10,23H,2-5,7-9H2,1H3,(H2,17,18,19)/t10-/m0/s1. The molecule has 4 heterocycles. The molecule has 24 heavy (non-hydrogen) atoms. The first-order chi connectivity index (χ1) is 11.7. The molecule has 2 aromatic rings. The Morgan fingerprint density at radius 3 is 3.04 bits per heavy atom. The smallest absolute Gasteiger partial charge is 0.222 e. The van der Waals surface area contributed by atoms with Crippen molar-refractivity contribution in [1.82, 2.24) is 19.7 Å². The van der Waals surface area contributed by atoms with Gasteiger partial charge in [-0.05, 0) is 6.42 Å². The van der Waals surface area contributed by atoms with Gasteiger partial charge in [0.15, 0.2) is 0 Å². The molecule has 0 aliphatic carbocycles. The van der Waals surface area contributed by atoms with E-state index in [4.69, 9.17) is 10.5 Å². The van der Waals surface area contributed by atoms with Crippen LogP contribution < -0.4 is 10.6 Å². The van der Waals surface area contributed by atoms with Crippen LogP contribution >= 0.6 is 0 Å². The zero-order valence-electron chi connectivity index (χ0n) is 13.8. The van der Waals surface area contributed by atoms with Gasteiger partial charge in [0.05, 0.1) is 24.6 Å². The molecule has 4 rings (SSSR count). The van der Waals surface area contributed by atoms with E-state index in [1.54, 1.807) is 0 Å². The zero-order chi connectivity index (χ0) is 16.7. The average Bonchev–Trinajstić information content (AvgIpc) is 3.22. The highest BCUT2D eigenvalue weighted by atomic mass is 16.5. The first kappa shape index (κ1) is 15.3. The maximum absolute atomic E-state index is 9.54. The van der Waals surface area contributed by atoms with Crippen molar-refractivity contribution < 1.29 is 9.84 Å². The van der Waals surface area contributed by atoms with Crippen LogP contribution in [0.4, 0.5) is 11.8 Å². The molecule has 0 unspecified atom stereocenters. The zero-order valence-corrected chi connectivity index (χ0v) is 13.8. The molecule has 0 aromatic carbocycles. The molecular formula is C16H22N6O2. The lowest BCUT2D eigenvalue weighted by Crippen LogP contribution is -2.32. The van der Waals surface area contributed by atoms with Crippen molar-refractivity contribution in [2.75, 3.05) is 30.4 Å². The summed E-state index contributed by atoms with van der Waals surface area (Å²) in [4.78, 5) is 11.0. The Balaban J connectivity index is 1.64. The van der Waals surface area contributed by atoms with Crippen molar-refractivity contribution >= 4 is 11.8 Å². The summed E-state index contributed by atoms with van der Waals surface area (Å²) in [5, 5.41) is 13.9. The molecule has 1 saturated heterocycles. The van der Waals surface area contributed by atoms with Gasteiger partial charge >= 0.3 is 0 Å². The van der Waals surface area contributed by atoms with Crippen molar-refractivity contribution in [2.45, 2.75) is 31.9 Å². The Bertz CT molecular complexity index is 753. The molecule has 2 aromatic heterocycles. The Kier molecular flexibility index (Phi) is 3.85. The molecule has 8 nitrogen and oxygen atoms in total. The first-order valence-corrected chi connectivity index (χ1v) is 8.27. The fourth-order valence-corrected chi connectivity index (χ4v) is 3.60. The van der Waals surface area contributed by atoms with Crippen molar-refractivity contribution in [1.29, 1.82) is 0 Å². The molecule has 8 heteroatoms. The highest BCUT2D eigenvalue weighted by Crippen LogP contribution is 2.30. The van der Waals surface area contributed by atoms with E-state index in [0.717, 1.165) is 48.8 Å². The topological polar surface area (TPSA) is 102 Å². The van der Waals surface area contributed by atoms with Gasteiger partial charge in [0.2, 0.25) is 5.95 Å². The van der Waals surface area contributed by atoms with Crippen LogP contribution in [0.3, 0.4) is 0 Å². The second-order valence-corrected chi connectivity index (χ2v) is 6.39. The number of nitrogens with zero attached hydrogens (tertiary/aromatic N) is 5. The minimum absolute atomic E-state index is 0.0480. The lowest BCUT2D eigenvalue weighted by Gasteiger charge is -2.29. The van der Waals surface area contributed by atoms with E-state index in [0.29, 0.717) is 25.0 Å². The van der Waals surface area contributed by atoms with Gasteiger partial charge in [-0.1, -0.05) is 0 Å². The van der Waals surface area contributed by atoms with Crippen LogP contribution in [-0.4, -0.2) is 44.6 Å². The third-order valence-electron chi connectivity index (χ3n) is 4.90. The van der Waals surface area contributed by atoms with Gasteiger partial charge in [-0.3, -0.25) is 4.68 Å². The van der Waals surface area contributed by atoms with E-state index in [-0.39, 0.29) is 6.61 Å². The van der Waals surface area contributed by atoms with Crippen LogP contribution in [-0.2, 0) is 31.4 Å². The van der Waals surface area contributed by atoms with E-state index in [2.05, 4.69) is 20.0 Å². The Morgan fingerprint density at radius 1 is 1.42 bits per heavy atom. The van der Waals surface area contributed by atoms with Gasteiger partial charge in [0.1, 0.15) is 5.82 Å². The van der Waals surface area contributed by atoms with Gasteiger partial charge in [-0.2, -0.15) is 10.1 Å². The lowest BCUT2D eigenvalue weighted by atomic mass is 10.0. The number of aryl methyl sites for hydroxylation is 1. The number of hydrogen-bond acceptors (Lipinski definition) is 7. The maximum atomic E-state index is 9.54. The average molecular weight is 330 g/mol. The lowest BCUT2D eigenvalue weighted by molar-refractivity contribution is 0.193. The molecule has 2 aliphatic rings. The highest BCUT2D eigenvalue weighted by molar-refractivity contribution is 5.48. The fourth-order valence-electron chi connectivity index (χ4n) is 3.60. The number of nitrogens with two attached hydrogens (primary N) is 1. The van der Waals surface area contributed by atoms with Gasteiger partial charge in [0.25, 0.3) is 0 Å². The molecular weight excluding hydrogens is 308 g/mol. The monoisotopic (exact) mass is 330 g/mol. The van der Waals surface area contributed by atoms with Crippen LogP contribution in [0, 0.1) is 0 Å². The second-order valence-electron chi connectivity index (χ2n) is 6.39. The van der Waals surface area contributed by atoms with Crippen molar-refractivity contribution in [3.63, 3.8) is 0 Å². The summed E-state index contributed by atoms with van der Waals surface area (Å²) in [6, 6.07) is 2.02. The quantitative estimate of drug-likeness (QED) is 0.837. The molecule has 0 bridgehead atoms. The van der Waals surface area contributed by atoms with Crippen LogP contribution in [0.5, 0.6) is 0 Å². The summed E-state index contributed by atoms with van der Waals surface area (Å²) >= 11 is 0. The molecule has 0 amide bonds. The summed E-state index contributed by atoms with van der Waals surface area (Å²) in [5.41, 5.74) is 9.91. The van der Waals surface area contributed by atoms with Crippen LogP contribution in [0.15, 0.2) is 6.07 Å². The van der Waals surface area contributed by atoms with E-state index in [9.17, 15) is 5.11 Å². The van der Waals surface area contributed by atoms with Crippen LogP contribution in [0.2, 0.25) is 0 Å². The Morgan fingerprint density at radius 2 is 2.29 bits per heavy atom. The fraction of sp³-hybridized carbons (Fsp3) is 0.562. The largest absolute Gasteiger partial charge is 0.390 e. The second kappa shape index (κ2) is 6.03. The van der Waals surface area contributed by atoms with Gasteiger partial charge in [0, 0.05) is 56.4 Å². The molecule has 0 saturated carbocycles. The first-order valence-electron chi connectivity index (χ1n) is 8.27. The van der Waals surface area contributed by atoms with E-state index in [1.807, 2.05) is 17.8 Å². The summed E-state index contributed by atoms with van der Waals surface area (Å²) in [5.74, 6) is 1.43. The van der Waals surface area contributed by atoms with Crippen LogP contribution in [0.1, 0.15) is 35.0 Å². The number of anilines is 2. The molecule has 1 atom stereocenters. The summed E-state index contributed by atoms with van der Waals surface area (Å²) in [6.45, 7) is 2.93. The molecule has 128 valence electrons. The van der Waals surface area contributed by atoms with Gasteiger partial charge in [-0.25, -0.2) is 4.98 Å². The number of aliphatic hydroxyl groups excluding tert-OH is 1. The van der Waals surface area contributed by atoms with Gasteiger partial charge < -0.3 is 20.5 Å². The third kappa shape index (κ3) is 2.61. The Labute approximate surface area is 140 Å². The number of rotatable bonds is 3. The number of nitrogen functional groups attached to an aromatic ring is 1. The minimum Gasteiger partial charge on any atom is -0.390 e. The van der Waals surface area contributed by atoms with Crippen molar-refractivity contribution in [3.8, 4) is 0 Å². The number of ether oxygens (including phenoxy) is 1. The number of hydrogen-bond donors (Lipinski definition) is 2. The van der Waals surface area contributed by atoms with E-state index < -0.39 is 0 Å². The van der Waals surface area contributed by atoms with Crippen molar-refractivity contribution in [3.05, 3.63) is 28.7 Å². The normalized spacial score (nSPS) is 20.4. The molecule has 2 aliphatic heterocycles. The van der Waals surface area contributed by atoms with Crippen LogP contribution in [0.25, 0.3) is 0 Å². The number of aliphatic hydroxyl groups is 1. The predicted octanol–water partition coefficient (Wildman–Crippen LogP) is 0.351. The Hall–Kier alpha value is -2.19. The van der Waals surface area contributed by atoms with Gasteiger partial charge in [-0.15, -0.1) is 0 Å².